The molecule has 7 heteroatoms. The smallest absolute Gasteiger partial charge is 0.326 e. The molecule has 0 aromatic heterocycles. The van der Waals surface area contributed by atoms with Crippen LogP contribution in [0.2, 0.25) is 0 Å². The number of aliphatic carboxylic acids is 1. The molecule has 3 rings (SSSR count). The van der Waals surface area contributed by atoms with Crippen molar-refractivity contribution < 1.29 is 19.4 Å². The van der Waals surface area contributed by atoms with Crippen molar-refractivity contribution in [3.05, 3.63) is 11.0 Å². The quantitative estimate of drug-likeness (QED) is 0.592. The molecule has 1 saturated carbocycles. The van der Waals surface area contributed by atoms with E-state index in [4.69, 9.17) is 17.0 Å². The first-order valence-corrected chi connectivity index (χ1v) is 9.90. The number of ether oxygens (including phenoxy) is 1. The van der Waals surface area contributed by atoms with Crippen LogP contribution in [0.3, 0.4) is 0 Å². The Bertz CT molecular complexity index is 551. The van der Waals surface area contributed by atoms with Crippen molar-refractivity contribution >= 4 is 40.2 Å². The molecule has 24 heavy (non-hydrogen) atoms. The number of carboxylic acid groups (broad SMARTS) is 1. The standard InChI is InChI=1S/C17H23NO4S2/c19-15-14(10-12-7-4-8-22-12)24-17(23)18(15)13(16(20)21)9-11-5-2-1-3-6-11/h10-13H,1-9H2,(H,20,21)/b14-10+. The summed E-state index contributed by atoms with van der Waals surface area (Å²) >= 11 is 6.52. The van der Waals surface area contributed by atoms with Crippen molar-refractivity contribution in [2.24, 2.45) is 5.92 Å². The molecule has 1 N–H and O–H groups in total. The van der Waals surface area contributed by atoms with E-state index in [1.807, 2.05) is 6.08 Å². The molecule has 0 bridgehead atoms. The Morgan fingerprint density at radius 1 is 1.33 bits per heavy atom. The molecule has 3 aliphatic rings. The van der Waals surface area contributed by atoms with Crippen LogP contribution in [0.4, 0.5) is 0 Å². The van der Waals surface area contributed by atoms with Gasteiger partial charge in [-0.15, -0.1) is 0 Å². The van der Waals surface area contributed by atoms with E-state index in [2.05, 4.69) is 0 Å². The normalized spacial score (nSPS) is 28.8. The lowest BCUT2D eigenvalue weighted by Crippen LogP contribution is -2.45. The Morgan fingerprint density at radius 2 is 2.08 bits per heavy atom. The number of rotatable bonds is 5. The SMILES string of the molecule is O=C(O)C(CC1CCCCC1)N1C(=O)/C(=C\C2CCCO2)SC1=S. The van der Waals surface area contributed by atoms with E-state index in [9.17, 15) is 14.7 Å². The maximum absolute atomic E-state index is 12.7. The second-order valence-electron chi connectivity index (χ2n) is 6.72. The summed E-state index contributed by atoms with van der Waals surface area (Å²) in [6.07, 6.45) is 9.74. The number of nitrogens with zero attached hydrogens (tertiary/aromatic N) is 1. The third-order valence-corrected chi connectivity index (χ3v) is 6.35. The van der Waals surface area contributed by atoms with E-state index in [1.165, 1.54) is 23.1 Å². The zero-order valence-corrected chi connectivity index (χ0v) is 15.2. The van der Waals surface area contributed by atoms with Crippen molar-refractivity contribution in [1.29, 1.82) is 0 Å². The van der Waals surface area contributed by atoms with Crippen LogP contribution in [0.25, 0.3) is 0 Å². The molecule has 0 spiro atoms. The van der Waals surface area contributed by atoms with Crippen molar-refractivity contribution in [1.82, 2.24) is 4.90 Å². The summed E-state index contributed by atoms with van der Waals surface area (Å²) in [6, 6.07) is -0.851. The van der Waals surface area contributed by atoms with Gasteiger partial charge in [-0.1, -0.05) is 56.1 Å². The van der Waals surface area contributed by atoms with Gasteiger partial charge in [0, 0.05) is 6.61 Å². The molecule has 0 aromatic carbocycles. The van der Waals surface area contributed by atoms with Gasteiger partial charge >= 0.3 is 5.97 Å². The van der Waals surface area contributed by atoms with E-state index in [0.29, 0.717) is 28.2 Å². The average Bonchev–Trinajstić information content (AvgIpc) is 3.16. The molecule has 1 amide bonds. The van der Waals surface area contributed by atoms with Crippen molar-refractivity contribution in [3.63, 3.8) is 0 Å². The number of amides is 1. The highest BCUT2D eigenvalue weighted by Crippen LogP contribution is 2.37. The molecule has 0 aromatic rings. The van der Waals surface area contributed by atoms with Gasteiger partial charge in [0.15, 0.2) is 0 Å². The van der Waals surface area contributed by atoms with Gasteiger partial charge in [-0.25, -0.2) is 4.79 Å². The van der Waals surface area contributed by atoms with E-state index in [-0.39, 0.29) is 12.0 Å². The highest BCUT2D eigenvalue weighted by Gasteiger charge is 2.41. The van der Waals surface area contributed by atoms with Crippen LogP contribution in [0.5, 0.6) is 0 Å². The topological polar surface area (TPSA) is 66.8 Å². The van der Waals surface area contributed by atoms with Crippen LogP contribution in [0.1, 0.15) is 51.4 Å². The third kappa shape index (κ3) is 4.00. The van der Waals surface area contributed by atoms with Crippen LogP contribution in [0.15, 0.2) is 11.0 Å². The van der Waals surface area contributed by atoms with Gasteiger partial charge in [-0.2, -0.15) is 0 Å². The van der Waals surface area contributed by atoms with Crippen LogP contribution in [0, 0.1) is 5.92 Å². The maximum Gasteiger partial charge on any atom is 0.326 e. The molecule has 2 unspecified atom stereocenters. The zero-order valence-electron chi connectivity index (χ0n) is 13.6. The number of hydrogen-bond donors (Lipinski definition) is 1. The lowest BCUT2D eigenvalue weighted by Gasteiger charge is -2.29. The number of carbonyl (C=O) groups is 2. The number of hydrogen-bond acceptors (Lipinski definition) is 5. The second kappa shape index (κ2) is 7.97. The number of thioether (sulfide) groups is 1. The van der Waals surface area contributed by atoms with Crippen LogP contribution >= 0.6 is 24.0 Å². The van der Waals surface area contributed by atoms with Crippen LogP contribution in [-0.2, 0) is 14.3 Å². The summed E-state index contributed by atoms with van der Waals surface area (Å²) in [7, 11) is 0. The first-order valence-electron chi connectivity index (χ1n) is 8.68. The maximum atomic E-state index is 12.7. The monoisotopic (exact) mass is 369 g/mol. The first-order chi connectivity index (χ1) is 11.6. The minimum Gasteiger partial charge on any atom is -0.480 e. The Kier molecular flexibility index (Phi) is 5.94. The van der Waals surface area contributed by atoms with E-state index >= 15 is 0 Å². The molecule has 2 aliphatic heterocycles. The van der Waals surface area contributed by atoms with Gasteiger partial charge in [0.2, 0.25) is 0 Å². The van der Waals surface area contributed by atoms with Crippen molar-refractivity contribution in [3.8, 4) is 0 Å². The highest BCUT2D eigenvalue weighted by atomic mass is 32.2. The number of carboxylic acids is 1. The third-order valence-electron chi connectivity index (χ3n) is 5.00. The van der Waals surface area contributed by atoms with Crippen molar-refractivity contribution in [2.75, 3.05) is 6.61 Å². The molecule has 0 radical (unpaired) electrons. The predicted molar refractivity (Wildman–Crippen MR) is 96.7 cm³/mol. The van der Waals surface area contributed by atoms with Gasteiger partial charge in [-0.3, -0.25) is 9.69 Å². The molecule has 132 valence electrons. The largest absolute Gasteiger partial charge is 0.480 e. The summed E-state index contributed by atoms with van der Waals surface area (Å²) < 4.78 is 5.90. The summed E-state index contributed by atoms with van der Waals surface area (Å²) in [4.78, 5) is 26.4. The highest BCUT2D eigenvalue weighted by molar-refractivity contribution is 8.26. The molecular formula is C17H23NO4S2. The first kappa shape index (κ1) is 17.9. The fourth-order valence-corrected chi connectivity index (χ4v) is 5.10. The predicted octanol–water partition coefficient (Wildman–Crippen LogP) is 3.33. The number of thiocarbonyl (C=S) groups is 1. The van der Waals surface area contributed by atoms with Gasteiger partial charge in [-0.05, 0) is 31.3 Å². The molecule has 2 saturated heterocycles. The summed E-state index contributed by atoms with van der Waals surface area (Å²) in [5.74, 6) is -0.870. The summed E-state index contributed by atoms with van der Waals surface area (Å²) in [5, 5.41) is 9.66. The van der Waals surface area contributed by atoms with Crippen molar-refractivity contribution in [2.45, 2.75) is 63.5 Å². The van der Waals surface area contributed by atoms with Crippen LogP contribution in [-0.4, -0.2) is 45.0 Å². The Hall–Kier alpha value is -0.920. The minimum absolute atomic E-state index is 0.0548. The summed E-state index contributed by atoms with van der Waals surface area (Å²) in [5.41, 5.74) is 0. The fraction of sp³-hybridized carbons (Fsp3) is 0.706. The summed E-state index contributed by atoms with van der Waals surface area (Å²) in [6.45, 7) is 0.709. The average molecular weight is 370 g/mol. The Labute approximate surface area is 151 Å². The second-order valence-corrected chi connectivity index (χ2v) is 8.40. The molecule has 5 nitrogen and oxygen atoms in total. The number of carbonyl (C=O) groups excluding carboxylic acids is 1. The van der Waals surface area contributed by atoms with Gasteiger partial charge in [0.05, 0.1) is 11.0 Å². The zero-order chi connectivity index (χ0) is 17.1. The molecule has 1 aliphatic carbocycles. The molecular weight excluding hydrogens is 346 g/mol. The Balaban J connectivity index is 1.73. The molecule has 2 atom stereocenters. The van der Waals surface area contributed by atoms with Gasteiger partial charge in [0.1, 0.15) is 10.4 Å². The van der Waals surface area contributed by atoms with Crippen LogP contribution < -0.4 is 0 Å². The lowest BCUT2D eigenvalue weighted by atomic mass is 9.84. The van der Waals surface area contributed by atoms with E-state index in [1.54, 1.807) is 0 Å². The fourth-order valence-electron chi connectivity index (χ4n) is 3.72. The lowest BCUT2D eigenvalue weighted by molar-refractivity contribution is -0.146. The Morgan fingerprint density at radius 3 is 2.71 bits per heavy atom. The van der Waals surface area contributed by atoms with Gasteiger partial charge < -0.3 is 9.84 Å². The molecule has 3 fully saturated rings. The van der Waals surface area contributed by atoms with Gasteiger partial charge in [0.25, 0.3) is 5.91 Å². The van der Waals surface area contributed by atoms with E-state index < -0.39 is 12.0 Å². The minimum atomic E-state index is -0.963. The molecule has 2 heterocycles. The van der Waals surface area contributed by atoms with E-state index in [0.717, 1.165) is 38.5 Å².